The van der Waals surface area contributed by atoms with Gasteiger partial charge in [-0.2, -0.15) is 0 Å². The number of hydrogen-bond acceptors (Lipinski definition) is 2. The number of hydrogen-bond donors (Lipinski definition) is 2. The maximum Gasteiger partial charge on any atom is 0.318 e. The van der Waals surface area contributed by atoms with Crippen LogP contribution in [0.1, 0.15) is 18.4 Å². The molecule has 102 valence electrons. The zero-order valence-corrected chi connectivity index (χ0v) is 11.8. The fraction of sp³-hybridized carbons (Fsp3) is 0.357. The Kier molecular flexibility index (Phi) is 4.19. The Hall–Kier alpha value is -1.03. The molecule has 0 amide bonds. The molecule has 1 aliphatic carbocycles. The molecular formula is C14H15Cl2NO2. The molecule has 2 rings (SSSR count). The maximum atomic E-state index is 11.9. The third-order valence-electron chi connectivity index (χ3n) is 3.74. The summed E-state index contributed by atoms with van der Waals surface area (Å²) in [7, 11) is 0. The van der Waals surface area contributed by atoms with Crippen molar-refractivity contribution in [2.75, 3.05) is 6.54 Å². The maximum absolute atomic E-state index is 11.9. The Morgan fingerprint density at radius 3 is 2.74 bits per heavy atom. The van der Waals surface area contributed by atoms with Gasteiger partial charge in [0.05, 0.1) is 10.0 Å². The van der Waals surface area contributed by atoms with Crippen molar-refractivity contribution in [1.82, 2.24) is 0 Å². The number of benzene rings is 1. The molecule has 0 aliphatic heterocycles. The van der Waals surface area contributed by atoms with E-state index in [1.807, 2.05) is 6.08 Å². The molecule has 0 fully saturated rings. The summed E-state index contributed by atoms with van der Waals surface area (Å²) in [5.41, 5.74) is 5.28. The number of rotatable bonds is 3. The normalized spacial score (nSPS) is 26.4. The summed E-state index contributed by atoms with van der Waals surface area (Å²) in [5, 5.41) is 10.5. The molecule has 1 aromatic rings. The van der Waals surface area contributed by atoms with Gasteiger partial charge < -0.3 is 10.8 Å². The largest absolute Gasteiger partial charge is 0.480 e. The summed E-state index contributed by atoms with van der Waals surface area (Å²) in [4.78, 5) is 11.9. The highest BCUT2D eigenvalue weighted by Gasteiger charge is 2.45. The first-order chi connectivity index (χ1) is 9.02. The minimum atomic E-state index is -1.11. The van der Waals surface area contributed by atoms with Gasteiger partial charge in [-0.1, -0.05) is 41.4 Å². The van der Waals surface area contributed by atoms with Crippen LogP contribution in [0.3, 0.4) is 0 Å². The zero-order chi connectivity index (χ0) is 14.0. The molecule has 5 heteroatoms. The van der Waals surface area contributed by atoms with E-state index in [0.717, 1.165) is 12.8 Å². The summed E-state index contributed by atoms with van der Waals surface area (Å²) in [6.45, 7) is 0.316. The van der Waals surface area contributed by atoms with Gasteiger partial charge in [0.25, 0.3) is 0 Å². The number of carboxylic acid groups (broad SMARTS) is 1. The van der Waals surface area contributed by atoms with E-state index in [0.29, 0.717) is 22.2 Å². The predicted molar refractivity (Wildman–Crippen MR) is 76.7 cm³/mol. The molecule has 0 aromatic heterocycles. The highest BCUT2D eigenvalue weighted by molar-refractivity contribution is 6.42. The second-order valence-corrected chi connectivity index (χ2v) is 5.53. The number of carbonyl (C=O) groups is 1. The molecule has 0 heterocycles. The van der Waals surface area contributed by atoms with Gasteiger partial charge in [-0.3, -0.25) is 4.79 Å². The van der Waals surface area contributed by atoms with Crippen molar-refractivity contribution in [3.05, 3.63) is 46.0 Å². The Bertz CT molecular complexity index is 530. The van der Waals surface area contributed by atoms with Gasteiger partial charge in [-0.15, -0.1) is 0 Å². The fourth-order valence-corrected chi connectivity index (χ4v) is 2.99. The Morgan fingerprint density at radius 1 is 1.42 bits per heavy atom. The molecule has 19 heavy (non-hydrogen) atoms. The number of aliphatic carboxylic acids is 1. The van der Waals surface area contributed by atoms with E-state index < -0.39 is 11.4 Å². The first-order valence-corrected chi connectivity index (χ1v) is 6.84. The highest BCUT2D eigenvalue weighted by atomic mass is 35.5. The van der Waals surface area contributed by atoms with Crippen LogP contribution < -0.4 is 5.73 Å². The Balaban J connectivity index is 2.61. The molecule has 2 atom stereocenters. The van der Waals surface area contributed by atoms with E-state index in [9.17, 15) is 9.90 Å². The number of halogens is 2. The van der Waals surface area contributed by atoms with Crippen molar-refractivity contribution in [2.24, 2.45) is 11.7 Å². The monoisotopic (exact) mass is 299 g/mol. The quantitative estimate of drug-likeness (QED) is 0.842. The van der Waals surface area contributed by atoms with Crippen LogP contribution in [-0.2, 0) is 10.2 Å². The lowest BCUT2D eigenvalue weighted by molar-refractivity contribution is -0.144. The van der Waals surface area contributed by atoms with Crippen molar-refractivity contribution < 1.29 is 9.90 Å². The van der Waals surface area contributed by atoms with Crippen LogP contribution in [0.2, 0.25) is 10.0 Å². The topological polar surface area (TPSA) is 63.3 Å². The van der Waals surface area contributed by atoms with Gasteiger partial charge in [-0.25, -0.2) is 0 Å². The molecule has 3 nitrogen and oxygen atoms in total. The molecular weight excluding hydrogens is 285 g/mol. The van der Waals surface area contributed by atoms with E-state index in [1.165, 1.54) is 0 Å². The van der Waals surface area contributed by atoms with Crippen molar-refractivity contribution in [3.8, 4) is 0 Å². The van der Waals surface area contributed by atoms with Crippen LogP contribution >= 0.6 is 23.2 Å². The fourth-order valence-electron chi connectivity index (χ4n) is 2.69. The van der Waals surface area contributed by atoms with Crippen LogP contribution in [0.4, 0.5) is 0 Å². The SMILES string of the molecule is NC[C@@H]1CCC=CC1(C(=O)O)c1ccc(Cl)c(Cl)c1. The second kappa shape index (κ2) is 5.53. The van der Waals surface area contributed by atoms with E-state index in [1.54, 1.807) is 24.3 Å². The lowest BCUT2D eigenvalue weighted by atomic mass is 9.66. The van der Waals surface area contributed by atoms with E-state index >= 15 is 0 Å². The molecule has 0 radical (unpaired) electrons. The molecule has 0 saturated heterocycles. The predicted octanol–water partition coefficient (Wildman–Crippen LogP) is 3.24. The average Bonchev–Trinajstić information content (AvgIpc) is 2.41. The second-order valence-electron chi connectivity index (χ2n) is 4.72. The van der Waals surface area contributed by atoms with Gasteiger partial charge in [-0.05, 0) is 43.0 Å². The van der Waals surface area contributed by atoms with E-state index in [4.69, 9.17) is 28.9 Å². The molecule has 0 spiro atoms. The van der Waals surface area contributed by atoms with Crippen molar-refractivity contribution >= 4 is 29.2 Å². The third kappa shape index (κ3) is 2.38. The molecule has 1 aliphatic rings. The molecule has 0 bridgehead atoms. The Morgan fingerprint density at radius 2 is 2.16 bits per heavy atom. The van der Waals surface area contributed by atoms with Gasteiger partial charge in [0, 0.05) is 0 Å². The smallest absolute Gasteiger partial charge is 0.318 e. The lowest BCUT2D eigenvalue weighted by Crippen LogP contribution is -2.46. The van der Waals surface area contributed by atoms with Crippen molar-refractivity contribution in [1.29, 1.82) is 0 Å². The van der Waals surface area contributed by atoms with Crippen molar-refractivity contribution in [2.45, 2.75) is 18.3 Å². The van der Waals surface area contributed by atoms with Gasteiger partial charge >= 0.3 is 5.97 Å². The number of carboxylic acids is 1. The van der Waals surface area contributed by atoms with Crippen LogP contribution in [0.15, 0.2) is 30.4 Å². The number of allylic oxidation sites excluding steroid dienone is 1. The first-order valence-electron chi connectivity index (χ1n) is 6.09. The minimum absolute atomic E-state index is 0.146. The average molecular weight is 300 g/mol. The summed E-state index contributed by atoms with van der Waals surface area (Å²) in [6, 6.07) is 4.96. The standard InChI is InChI=1S/C14H15Cl2NO2/c15-11-5-4-9(7-12(11)16)14(13(18)19)6-2-1-3-10(14)8-17/h2,4-7,10H,1,3,8,17H2,(H,18,19)/t10-,14?/m0/s1. The number of nitrogens with two attached hydrogens (primary N) is 1. The Labute approximate surface area is 122 Å². The van der Waals surface area contributed by atoms with E-state index in [-0.39, 0.29) is 5.92 Å². The summed E-state index contributed by atoms with van der Waals surface area (Å²) in [5.74, 6) is -1.05. The van der Waals surface area contributed by atoms with Crippen LogP contribution in [0, 0.1) is 5.92 Å². The molecule has 1 unspecified atom stereocenters. The zero-order valence-electron chi connectivity index (χ0n) is 10.3. The molecule has 3 N–H and O–H groups in total. The summed E-state index contributed by atoms with van der Waals surface area (Å²) >= 11 is 11.9. The molecule has 0 saturated carbocycles. The van der Waals surface area contributed by atoms with Crippen LogP contribution in [0.25, 0.3) is 0 Å². The molecule has 1 aromatic carbocycles. The van der Waals surface area contributed by atoms with Gasteiger partial charge in [0.15, 0.2) is 0 Å². The first kappa shape index (κ1) is 14.4. The summed E-state index contributed by atoms with van der Waals surface area (Å²) in [6.07, 6.45) is 5.22. The minimum Gasteiger partial charge on any atom is -0.480 e. The van der Waals surface area contributed by atoms with Gasteiger partial charge in [0.1, 0.15) is 5.41 Å². The third-order valence-corrected chi connectivity index (χ3v) is 4.48. The van der Waals surface area contributed by atoms with Crippen LogP contribution in [-0.4, -0.2) is 17.6 Å². The van der Waals surface area contributed by atoms with E-state index in [2.05, 4.69) is 0 Å². The van der Waals surface area contributed by atoms with Gasteiger partial charge in [0.2, 0.25) is 0 Å². The summed E-state index contributed by atoms with van der Waals surface area (Å²) < 4.78 is 0. The lowest BCUT2D eigenvalue weighted by Gasteiger charge is -2.37. The van der Waals surface area contributed by atoms with Crippen LogP contribution in [0.5, 0.6) is 0 Å². The highest BCUT2D eigenvalue weighted by Crippen LogP contribution is 2.41. The van der Waals surface area contributed by atoms with Crippen molar-refractivity contribution in [3.63, 3.8) is 0 Å².